The Labute approximate surface area is 169 Å². The summed E-state index contributed by atoms with van der Waals surface area (Å²) < 4.78 is 5.52. The van der Waals surface area contributed by atoms with Gasteiger partial charge in [-0.3, -0.25) is 9.78 Å². The van der Waals surface area contributed by atoms with Gasteiger partial charge in [0.1, 0.15) is 12.4 Å². The second kappa shape index (κ2) is 9.94. The Bertz CT molecular complexity index is 803. The molecule has 8 heteroatoms. The minimum atomic E-state index is -0.151. The van der Waals surface area contributed by atoms with Gasteiger partial charge in [0.05, 0.1) is 23.3 Å². The number of carbonyl (C=O) groups is 2. The molecule has 28 heavy (non-hydrogen) atoms. The number of rotatable bonds is 5. The molecule has 1 aromatic carbocycles. The van der Waals surface area contributed by atoms with E-state index in [1.54, 1.807) is 52.5 Å². The molecule has 0 bridgehead atoms. The van der Waals surface area contributed by atoms with Crippen molar-refractivity contribution in [2.75, 3.05) is 39.3 Å². The lowest BCUT2D eigenvalue weighted by molar-refractivity contribution is 0.0762. The van der Waals surface area contributed by atoms with E-state index >= 15 is 0 Å². The van der Waals surface area contributed by atoms with Crippen LogP contribution in [0.1, 0.15) is 16.8 Å². The number of aromatic nitrogens is 1. The van der Waals surface area contributed by atoms with E-state index in [2.05, 4.69) is 10.3 Å². The smallest absolute Gasteiger partial charge is 0.317 e. The van der Waals surface area contributed by atoms with Gasteiger partial charge in [-0.2, -0.15) is 0 Å². The van der Waals surface area contributed by atoms with Gasteiger partial charge in [-0.15, -0.1) is 0 Å². The second-order valence-electron chi connectivity index (χ2n) is 6.38. The van der Waals surface area contributed by atoms with Crippen molar-refractivity contribution in [1.82, 2.24) is 20.1 Å². The van der Waals surface area contributed by atoms with Crippen LogP contribution in [0.2, 0.25) is 5.02 Å². The molecule has 1 N–H and O–H groups in total. The quantitative estimate of drug-likeness (QED) is 0.780. The molecular formula is C20H23ClN4O3. The average Bonchev–Trinajstić information content (AvgIpc) is 2.98. The van der Waals surface area contributed by atoms with Crippen LogP contribution in [0.4, 0.5) is 4.79 Å². The molecule has 0 atom stereocenters. The summed E-state index contributed by atoms with van der Waals surface area (Å²) in [6, 6.07) is 10.5. The standard InChI is InChI=1S/C20H23ClN4O3/c21-18-7-2-1-6-17(18)19(26)24-10-4-11-25(13-12-24)20(27)23-9-14-28-16-5-3-8-22-15-16/h1-3,5-8,15H,4,9-14H2,(H,23,27). The fourth-order valence-corrected chi connectivity index (χ4v) is 3.22. The summed E-state index contributed by atoms with van der Waals surface area (Å²) in [5, 5.41) is 3.30. The lowest BCUT2D eigenvalue weighted by atomic mass is 10.2. The fourth-order valence-electron chi connectivity index (χ4n) is 3.00. The van der Waals surface area contributed by atoms with E-state index in [0.717, 1.165) is 6.42 Å². The molecule has 1 aromatic heterocycles. The Morgan fingerprint density at radius 2 is 1.86 bits per heavy atom. The highest BCUT2D eigenvalue weighted by atomic mass is 35.5. The number of nitrogens with zero attached hydrogens (tertiary/aromatic N) is 3. The van der Waals surface area contributed by atoms with E-state index in [-0.39, 0.29) is 11.9 Å². The summed E-state index contributed by atoms with van der Waals surface area (Å²) in [4.78, 5) is 32.5. The van der Waals surface area contributed by atoms with Crippen molar-refractivity contribution in [3.63, 3.8) is 0 Å². The maximum absolute atomic E-state index is 12.7. The van der Waals surface area contributed by atoms with Crippen LogP contribution >= 0.6 is 11.6 Å². The van der Waals surface area contributed by atoms with Crippen LogP contribution < -0.4 is 10.1 Å². The van der Waals surface area contributed by atoms with Crippen molar-refractivity contribution >= 4 is 23.5 Å². The minimum Gasteiger partial charge on any atom is -0.490 e. The summed E-state index contributed by atoms with van der Waals surface area (Å²) in [6.45, 7) is 2.91. The van der Waals surface area contributed by atoms with Crippen LogP contribution in [0.15, 0.2) is 48.8 Å². The van der Waals surface area contributed by atoms with Crippen LogP contribution in [0.5, 0.6) is 5.75 Å². The van der Waals surface area contributed by atoms with E-state index in [0.29, 0.717) is 55.7 Å². The first-order valence-electron chi connectivity index (χ1n) is 9.24. The highest BCUT2D eigenvalue weighted by Gasteiger charge is 2.23. The zero-order chi connectivity index (χ0) is 19.8. The third kappa shape index (κ3) is 5.36. The maximum atomic E-state index is 12.7. The number of amides is 3. The zero-order valence-corrected chi connectivity index (χ0v) is 16.3. The van der Waals surface area contributed by atoms with Crippen LogP contribution in [-0.2, 0) is 0 Å². The van der Waals surface area contributed by atoms with Crippen LogP contribution in [0.25, 0.3) is 0 Å². The Hall–Kier alpha value is -2.80. The molecule has 0 saturated carbocycles. The van der Waals surface area contributed by atoms with Gasteiger partial charge in [0.25, 0.3) is 5.91 Å². The summed E-state index contributed by atoms with van der Waals surface area (Å²) in [7, 11) is 0. The largest absolute Gasteiger partial charge is 0.490 e. The molecule has 2 aromatic rings. The van der Waals surface area contributed by atoms with Crippen molar-refractivity contribution in [3.8, 4) is 5.75 Å². The van der Waals surface area contributed by atoms with Crippen LogP contribution in [0, 0.1) is 0 Å². The number of carbonyl (C=O) groups excluding carboxylic acids is 2. The molecule has 1 fully saturated rings. The van der Waals surface area contributed by atoms with Crippen molar-refractivity contribution in [2.45, 2.75) is 6.42 Å². The van der Waals surface area contributed by atoms with Crippen LogP contribution in [-0.4, -0.2) is 66.1 Å². The molecule has 2 heterocycles. The Morgan fingerprint density at radius 3 is 2.64 bits per heavy atom. The van der Waals surface area contributed by atoms with E-state index in [4.69, 9.17) is 16.3 Å². The number of halogens is 1. The van der Waals surface area contributed by atoms with Gasteiger partial charge in [-0.1, -0.05) is 23.7 Å². The van der Waals surface area contributed by atoms with Gasteiger partial charge < -0.3 is 19.9 Å². The molecule has 0 aliphatic carbocycles. The van der Waals surface area contributed by atoms with Gasteiger partial charge in [0.15, 0.2) is 0 Å². The predicted octanol–water partition coefficient (Wildman–Crippen LogP) is 2.67. The molecule has 0 unspecified atom stereocenters. The second-order valence-corrected chi connectivity index (χ2v) is 6.79. The van der Waals surface area contributed by atoms with Gasteiger partial charge in [-0.05, 0) is 30.7 Å². The Morgan fingerprint density at radius 1 is 1.07 bits per heavy atom. The molecule has 3 rings (SSSR count). The molecule has 1 saturated heterocycles. The normalized spacial score (nSPS) is 14.3. The van der Waals surface area contributed by atoms with Crippen molar-refractivity contribution < 1.29 is 14.3 Å². The first kappa shape index (κ1) is 19.9. The maximum Gasteiger partial charge on any atom is 0.317 e. The average molecular weight is 403 g/mol. The molecule has 0 radical (unpaired) electrons. The topological polar surface area (TPSA) is 74.8 Å². The van der Waals surface area contributed by atoms with Gasteiger partial charge in [0, 0.05) is 32.4 Å². The Kier molecular flexibility index (Phi) is 7.08. The molecule has 1 aliphatic rings. The van der Waals surface area contributed by atoms with E-state index < -0.39 is 0 Å². The van der Waals surface area contributed by atoms with E-state index in [1.165, 1.54) is 0 Å². The molecule has 148 valence electrons. The number of benzene rings is 1. The molecule has 3 amide bonds. The van der Waals surface area contributed by atoms with Crippen molar-refractivity contribution in [2.24, 2.45) is 0 Å². The third-order valence-corrected chi connectivity index (χ3v) is 4.79. The van der Waals surface area contributed by atoms with Gasteiger partial charge >= 0.3 is 6.03 Å². The SMILES string of the molecule is O=C(NCCOc1cccnc1)N1CCCN(C(=O)c2ccccc2Cl)CC1. The predicted molar refractivity (Wildman–Crippen MR) is 107 cm³/mol. The van der Waals surface area contributed by atoms with E-state index in [1.807, 2.05) is 6.07 Å². The zero-order valence-electron chi connectivity index (χ0n) is 15.5. The number of hydrogen-bond donors (Lipinski definition) is 1. The molecule has 1 aliphatic heterocycles. The summed E-state index contributed by atoms with van der Waals surface area (Å²) in [5.41, 5.74) is 0.495. The summed E-state index contributed by atoms with van der Waals surface area (Å²) in [6.07, 6.45) is 4.02. The number of urea groups is 1. The molecular weight excluding hydrogens is 380 g/mol. The number of nitrogens with one attached hydrogen (secondary N) is 1. The summed E-state index contributed by atoms with van der Waals surface area (Å²) >= 11 is 6.14. The first-order chi connectivity index (χ1) is 13.6. The number of hydrogen-bond acceptors (Lipinski definition) is 4. The lowest BCUT2D eigenvalue weighted by Crippen LogP contribution is -2.43. The minimum absolute atomic E-state index is 0.0993. The molecule has 0 spiro atoms. The monoisotopic (exact) mass is 402 g/mol. The highest BCUT2D eigenvalue weighted by Crippen LogP contribution is 2.18. The number of pyridine rings is 1. The van der Waals surface area contributed by atoms with Crippen LogP contribution in [0.3, 0.4) is 0 Å². The van der Waals surface area contributed by atoms with Gasteiger partial charge in [-0.25, -0.2) is 4.79 Å². The summed E-state index contributed by atoms with van der Waals surface area (Å²) in [5.74, 6) is 0.568. The third-order valence-electron chi connectivity index (χ3n) is 4.46. The van der Waals surface area contributed by atoms with E-state index in [9.17, 15) is 9.59 Å². The highest BCUT2D eigenvalue weighted by molar-refractivity contribution is 6.33. The first-order valence-corrected chi connectivity index (χ1v) is 9.62. The van der Waals surface area contributed by atoms with Crippen molar-refractivity contribution in [1.29, 1.82) is 0 Å². The Balaban J connectivity index is 1.44. The fraction of sp³-hybridized carbons (Fsp3) is 0.350. The lowest BCUT2D eigenvalue weighted by Gasteiger charge is -2.23. The van der Waals surface area contributed by atoms with Gasteiger partial charge in [0.2, 0.25) is 0 Å². The molecule has 7 nitrogen and oxygen atoms in total. The van der Waals surface area contributed by atoms with Crippen molar-refractivity contribution in [3.05, 3.63) is 59.4 Å². The number of ether oxygens (including phenoxy) is 1.